The molecular formula is C12H14BrFO2. The second kappa shape index (κ2) is 4.43. The van der Waals surface area contributed by atoms with Crippen LogP contribution in [0.15, 0.2) is 22.7 Å². The second-order valence-electron chi connectivity index (χ2n) is 4.45. The van der Waals surface area contributed by atoms with E-state index in [1.165, 1.54) is 6.07 Å². The average molecular weight is 289 g/mol. The van der Waals surface area contributed by atoms with Crippen molar-refractivity contribution in [3.05, 3.63) is 34.1 Å². The molecule has 0 amide bonds. The zero-order chi connectivity index (χ0) is 11.8. The zero-order valence-electron chi connectivity index (χ0n) is 8.79. The summed E-state index contributed by atoms with van der Waals surface area (Å²) in [5, 5.41) is 19.5. The molecule has 2 N–H and O–H groups in total. The molecule has 16 heavy (non-hydrogen) atoms. The van der Waals surface area contributed by atoms with Crippen molar-refractivity contribution in [2.24, 2.45) is 5.92 Å². The number of aliphatic hydroxyl groups is 2. The van der Waals surface area contributed by atoms with E-state index in [9.17, 15) is 9.50 Å². The largest absolute Gasteiger partial charge is 0.396 e. The van der Waals surface area contributed by atoms with E-state index in [1.807, 2.05) is 0 Å². The highest BCUT2D eigenvalue weighted by Crippen LogP contribution is 2.42. The van der Waals surface area contributed by atoms with Crippen LogP contribution < -0.4 is 0 Å². The molecule has 1 aliphatic carbocycles. The zero-order valence-corrected chi connectivity index (χ0v) is 10.4. The van der Waals surface area contributed by atoms with E-state index in [-0.39, 0.29) is 18.3 Å². The fourth-order valence-corrected chi connectivity index (χ4v) is 2.71. The Morgan fingerprint density at radius 1 is 1.50 bits per heavy atom. The molecule has 0 spiro atoms. The molecule has 4 heteroatoms. The smallest absolute Gasteiger partial charge is 0.137 e. The first-order valence-electron chi connectivity index (χ1n) is 5.34. The lowest BCUT2D eigenvalue weighted by Gasteiger charge is -2.23. The molecular weight excluding hydrogens is 275 g/mol. The van der Waals surface area contributed by atoms with Gasteiger partial charge in [0.25, 0.3) is 0 Å². The molecule has 1 fully saturated rings. The van der Waals surface area contributed by atoms with E-state index in [0.29, 0.717) is 17.3 Å². The molecule has 1 aromatic rings. The summed E-state index contributed by atoms with van der Waals surface area (Å²) in [6.07, 6.45) is 1.97. The van der Waals surface area contributed by atoms with Gasteiger partial charge < -0.3 is 10.2 Å². The number of hydrogen-bond acceptors (Lipinski definition) is 2. The first kappa shape index (κ1) is 12.0. The van der Waals surface area contributed by atoms with Crippen LogP contribution in [0.1, 0.15) is 24.8 Å². The van der Waals surface area contributed by atoms with Gasteiger partial charge in [-0.1, -0.05) is 6.07 Å². The minimum absolute atomic E-state index is 0.102. The molecule has 1 saturated carbocycles. The molecule has 0 aromatic heterocycles. The van der Waals surface area contributed by atoms with E-state index in [0.717, 1.165) is 12.0 Å². The molecule has 2 rings (SSSR count). The maximum Gasteiger partial charge on any atom is 0.137 e. The third-order valence-electron chi connectivity index (χ3n) is 3.31. The number of aliphatic hydroxyl groups excluding tert-OH is 1. The quantitative estimate of drug-likeness (QED) is 0.878. The highest BCUT2D eigenvalue weighted by molar-refractivity contribution is 9.10. The highest BCUT2D eigenvalue weighted by Gasteiger charge is 2.38. The maximum atomic E-state index is 13.1. The van der Waals surface area contributed by atoms with Gasteiger partial charge in [-0.2, -0.15) is 0 Å². The Bertz CT molecular complexity index is 397. The Balaban J connectivity index is 2.27. The molecule has 1 aliphatic rings. The van der Waals surface area contributed by atoms with Crippen molar-refractivity contribution in [3.63, 3.8) is 0 Å². The molecule has 0 bridgehead atoms. The van der Waals surface area contributed by atoms with Crippen molar-refractivity contribution in [1.29, 1.82) is 0 Å². The van der Waals surface area contributed by atoms with Crippen molar-refractivity contribution in [2.45, 2.75) is 24.9 Å². The van der Waals surface area contributed by atoms with Gasteiger partial charge in [-0.25, -0.2) is 4.39 Å². The fourth-order valence-electron chi connectivity index (χ4n) is 2.33. The van der Waals surface area contributed by atoms with Crippen LogP contribution >= 0.6 is 15.9 Å². The molecule has 2 unspecified atom stereocenters. The number of hydrogen-bond donors (Lipinski definition) is 2. The Kier molecular flexibility index (Phi) is 3.33. The summed E-state index contributed by atoms with van der Waals surface area (Å²) in [6, 6.07) is 4.58. The lowest BCUT2D eigenvalue weighted by Crippen LogP contribution is -2.22. The molecule has 2 atom stereocenters. The number of benzene rings is 1. The summed E-state index contributed by atoms with van der Waals surface area (Å²) >= 11 is 3.11. The minimum Gasteiger partial charge on any atom is -0.396 e. The van der Waals surface area contributed by atoms with E-state index in [1.54, 1.807) is 12.1 Å². The number of halogens is 2. The van der Waals surface area contributed by atoms with Gasteiger partial charge in [0.05, 0.1) is 10.1 Å². The Morgan fingerprint density at radius 3 is 2.81 bits per heavy atom. The highest BCUT2D eigenvalue weighted by atomic mass is 79.9. The summed E-state index contributed by atoms with van der Waals surface area (Å²) in [5.41, 5.74) is -0.194. The Labute approximate surface area is 102 Å². The van der Waals surface area contributed by atoms with Gasteiger partial charge in [-0.3, -0.25) is 0 Å². The average Bonchev–Trinajstić information content (AvgIpc) is 2.66. The van der Waals surface area contributed by atoms with Crippen molar-refractivity contribution >= 4 is 15.9 Å². The van der Waals surface area contributed by atoms with Crippen LogP contribution in [0.3, 0.4) is 0 Å². The van der Waals surface area contributed by atoms with Crippen LogP contribution in [0.2, 0.25) is 0 Å². The normalized spacial score (nSPS) is 29.6. The second-order valence-corrected chi connectivity index (χ2v) is 5.31. The van der Waals surface area contributed by atoms with Gasteiger partial charge in [0.15, 0.2) is 0 Å². The van der Waals surface area contributed by atoms with Crippen LogP contribution in [0.5, 0.6) is 0 Å². The van der Waals surface area contributed by atoms with Crippen molar-refractivity contribution in [3.8, 4) is 0 Å². The molecule has 1 aromatic carbocycles. The fraction of sp³-hybridized carbons (Fsp3) is 0.500. The van der Waals surface area contributed by atoms with E-state index in [2.05, 4.69) is 15.9 Å². The molecule has 2 nitrogen and oxygen atoms in total. The summed E-state index contributed by atoms with van der Waals surface area (Å²) in [6.45, 7) is 0.102. The van der Waals surface area contributed by atoms with Crippen LogP contribution in [0, 0.1) is 11.7 Å². The molecule has 0 saturated heterocycles. The van der Waals surface area contributed by atoms with E-state index in [4.69, 9.17) is 5.11 Å². The van der Waals surface area contributed by atoms with E-state index < -0.39 is 5.60 Å². The maximum absolute atomic E-state index is 13.1. The SMILES string of the molecule is OCC1CCC(O)(c2ccc(F)c(Br)c2)C1. The van der Waals surface area contributed by atoms with Gasteiger partial charge in [0, 0.05) is 6.61 Å². The molecule has 0 heterocycles. The predicted octanol–water partition coefficient (Wildman–Crippen LogP) is 2.57. The standard InChI is InChI=1S/C12H14BrFO2/c13-10-5-9(1-2-11(10)14)12(16)4-3-8(6-12)7-15/h1-2,5,8,15-16H,3-4,6-7H2. The van der Waals surface area contributed by atoms with Crippen LogP contribution in [-0.2, 0) is 5.60 Å². The van der Waals surface area contributed by atoms with Crippen molar-refractivity contribution in [1.82, 2.24) is 0 Å². The first-order valence-corrected chi connectivity index (χ1v) is 6.13. The first-order chi connectivity index (χ1) is 7.55. The van der Waals surface area contributed by atoms with Crippen LogP contribution in [-0.4, -0.2) is 16.8 Å². The lowest BCUT2D eigenvalue weighted by atomic mass is 9.91. The topological polar surface area (TPSA) is 40.5 Å². The summed E-state index contributed by atoms with van der Waals surface area (Å²) < 4.78 is 13.5. The van der Waals surface area contributed by atoms with Gasteiger partial charge in [-0.05, 0) is 58.8 Å². The van der Waals surface area contributed by atoms with Gasteiger partial charge in [-0.15, -0.1) is 0 Å². The molecule has 88 valence electrons. The lowest BCUT2D eigenvalue weighted by molar-refractivity contribution is 0.0363. The monoisotopic (exact) mass is 288 g/mol. The van der Waals surface area contributed by atoms with Gasteiger partial charge >= 0.3 is 0 Å². The van der Waals surface area contributed by atoms with Gasteiger partial charge in [0.2, 0.25) is 0 Å². The molecule has 0 radical (unpaired) electrons. The van der Waals surface area contributed by atoms with Crippen LogP contribution in [0.25, 0.3) is 0 Å². The van der Waals surface area contributed by atoms with Crippen molar-refractivity contribution < 1.29 is 14.6 Å². The molecule has 0 aliphatic heterocycles. The third-order valence-corrected chi connectivity index (χ3v) is 3.92. The summed E-state index contributed by atoms with van der Waals surface area (Å²) in [7, 11) is 0. The summed E-state index contributed by atoms with van der Waals surface area (Å²) in [5.74, 6) is -0.183. The minimum atomic E-state index is -0.913. The summed E-state index contributed by atoms with van der Waals surface area (Å²) in [4.78, 5) is 0. The Hall–Kier alpha value is -0.450. The van der Waals surface area contributed by atoms with Gasteiger partial charge in [0.1, 0.15) is 5.82 Å². The van der Waals surface area contributed by atoms with Crippen LogP contribution in [0.4, 0.5) is 4.39 Å². The predicted molar refractivity (Wildman–Crippen MR) is 62.4 cm³/mol. The number of rotatable bonds is 2. The third kappa shape index (κ3) is 2.14. The van der Waals surface area contributed by atoms with E-state index >= 15 is 0 Å². The Morgan fingerprint density at radius 2 is 2.25 bits per heavy atom. The van der Waals surface area contributed by atoms with Crippen molar-refractivity contribution in [2.75, 3.05) is 6.61 Å².